The fourth-order valence-electron chi connectivity index (χ4n) is 3.53. The van der Waals surface area contributed by atoms with E-state index in [4.69, 9.17) is 0 Å². The fraction of sp³-hybridized carbons (Fsp3) is 0.200. The summed E-state index contributed by atoms with van der Waals surface area (Å²) in [6.07, 6.45) is 6.70. The van der Waals surface area contributed by atoms with Crippen molar-refractivity contribution < 1.29 is 0 Å². The first-order valence-corrected chi connectivity index (χ1v) is 8.00. The molecule has 0 aliphatic heterocycles. The van der Waals surface area contributed by atoms with Crippen LogP contribution < -0.4 is 0 Å². The molecule has 4 rings (SSSR count). The van der Waals surface area contributed by atoms with E-state index in [1.54, 1.807) is 0 Å². The van der Waals surface area contributed by atoms with Gasteiger partial charge in [0.05, 0.1) is 0 Å². The topological polar surface area (TPSA) is 31.6 Å². The van der Waals surface area contributed by atoms with Gasteiger partial charge in [0.1, 0.15) is 0 Å². The van der Waals surface area contributed by atoms with E-state index in [9.17, 15) is 0 Å². The van der Waals surface area contributed by atoms with E-state index in [2.05, 4.69) is 77.8 Å². The smallest absolute Gasteiger partial charge is 0.0457 e. The van der Waals surface area contributed by atoms with Crippen LogP contribution in [0.3, 0.4) is 0 Å². The average molecular weight is 288 g/mol. The predicted octanol–water partition coefficient (Wildman–Crippen LogP) is 5.58. The normalized spacial score (nSPS) is 11.7. The predicted molar refractivity (Wildman–Crippen MR) is 93.3 cm³/mol. The van der Waals surface area contributed by atoms with Gasteiger partial charge >= 0.3 is 0 Å². The van der Waals surface area contributed by atoms with E-state index >= 15 is 0 Å². The summed E-state index contributed by atoms with van der Waals surface area (Å²) < 4.78 is 0. The second-order valence-corrected chi connectivity index (χ2v) is 5.92. The molecule has 0 saturated carbocycles. The summed E-state index contributed by atoms with van der Waals surface area (Å²) in [7, 11) is 0. The quantitative estimate of drug-likeness (QED) is 0.491. The van der Waals surface area contributed by atoms with Crippen LogP contribution in [0.2, 0.25) is 0 Å². The van der Waals surface area contributed by atoms with Gasteiger partial charge in [0, 0.05) is 40.1 Å². The molecule has 0 saturated heterocycles. The van der Waals surface area contributed by atoms with E-state index in [-0.39, 0.29) is 0 Å². The monoisotopic (exact) mass is 288 g/mol. The summed E-state index contributed by atoms with van der Waals surface area (Å²) in [4.78, 5) is 6.85. The van der Waals surface area contributed by atoms with Gasteiger partial charge in [-0.2, -0.15) is 0 Å². The number of aromatic nitrogens is 2. The molecule has 0 fully saturated rings. The van der Waals surface area contributed by atoms with Crippen LogP contribution >= 0.6 is 0 Å². The Kier molecular flexibility index (Phi) is 3.23. The number of benzene rings is 2. The molecular formula is C20H20N2. The lowest BCUT2D eigenvalue weighted by atomic mass is 9.87. The third-order valence-electron chi connectivity index (χ3n) is 4.57. The van der Waals surface area contributed by atoms with Crippen LogP contribution in [0.25, 0.3) is 21.8 Å². The Balaban J connectivity index is 1.91. The lowest BCUT2D eigenvalue weighted by Gasteiger charge is -2.15. The number of H-pyrrole nitrogens is 2. The van der Waals surface area contributed by atoms with E-state index in [1.807, 2.05) is 0 Å². The third-order valence-corrected chi connectivity index (χ3v) is 4.57. The van der Waals surface area contributed by atoms with Crippen molar-refractivity contribution in [2.45, 2.75) is 25.7 Å². The Hall–Kier alpha value is -2.48. The molecule has 2 heteroatoms. The van der Waals surface area contributed by atoms with Crippen molar-refractivity contribution in [2.75, 3.05) is 0 Å². The second kappa shape index (κ2) is 5.38. The van der Waals surface area contributed by atoms with E-state index < -0.39 is 0 Å². The molecular weight excluding hydrogens is 268 g/mol. The van der Waals surface area contributed by atoms with Gasteiger partial charge < -0.3 is 9.97 Å². The second-order valence-electron chi connectivity index (χ2n) is 5.92. The maximum atomic E-state index is 3.43. The summed E-state index contributed by atoms with van der Waals surface area (Å²) in [5.41, 5.74) is 5.25. The molecule has 2 aromatic carbocycles. The first-order chi connectivity index (χ1) is 10.9. The molecule has 0 atom stereocenters. The molecule has 2 aromatic heterocycles. The molecule has 0 amide bonds. The van der Waals surface area contributed by atoms with Crippen molar-refractivity contribution in [1.82, 2.24) is 9.97 Å². The molecule has 0 aliphatic carbocycles. The lowest BCUT2D eigenvalue weighted by molar-refractivity contribution is 0.706. The van der Waals surface area contributed by atoms with Crippen LogP contribution in [0, 0.1) is 0 Å². The standard InChI is InChI=1S/C20H20N2/c1-2-7-14(17-12-21-19-10-5-3-8-15(17)19)18-13-22-20-11-6-4-9-16(18)20/h3-6,8-14,21-22H,2,7H2,1H3. The van der Waals surface area contributed by atoms with Crippen LogP contribution in [0.15, 0.2) is 60.9 Å². The molecule has 0 aliphatic rings. The number of para-hydroxylation sites is 2. The van der Waals surface area contributed by atoms with Gasteiger partial charge in [-0.3, -0.25) is 0 Å². The molecule has 4 aromatic rings. The number of hydrogen-bond acceptors (Lipinski definition) is 0. The first-order valence-electron chi connectivity index (χ1n) is 8.00. The first kappa shape index (κ1) is 13.2. The third kappa shape index (κ3) is 2.03. The number of aromatic amines is 2. The Morgan fingerprint density at radius 3 is 1.77 bits per heavy atom. The summed E-state index contributed by atoms with van der Waals surface area (Å²) in [6, 6.07) is 17.2. The van der Waals surface area contributed by atoms with Crippen LogP contribution in [0.5, 0.6) is 0 Å². The molecule has 110 valence electrons. The maximum absolute atomic E-state index is 3.43. The molecule has 0 unspecified atom stereocenters. The molecule has 0 bridgehead atoms. The van der Waals surface area contributed by atoms with E-state index in [0.29, 0.717) is 5.92 Å². The highest BCUT2D eigenvalue weighted by molar-refractivity contribution is 5.88. The molecule has 0 radical (unpaired) electrons. The molecule has 0 spiro atoms. The van der Waals surface area contributed by atoms with Gasteiger partial charge in [-0.05, 0) is 29.7 Å². The number of hydrogen-bond donors (Lipinski definition) is 2. The lowest BCUT2D eigenvalue weighted by Crippen LogP contribution is -1.99. The minimum Gasteiger partial charge on any atom is -0.361 e. The highest BCUT2D eigenvalue weighted by atomic mass is 14.7. The fourth-order valence-corrected chi connectivity index (χ4v) is 3.53. The van der Waals surface area contributed by atoms with Crippen LogP contribution in [-0.4, -0.2) is 9.97 Å². The summed E-state index contributed by atoms with van der Waals surface area (Å²) in [6.45, 7) is 2.26. The summed E-state index contributed by atoms with van der Waals surface area (Å²) in [5.74, 6) is 0.428. The van der Waals surface area contributed by atoms with Crippen molar-refractivity contribution in [3.05, 3.63) is 72.1 Å². The molecule has 2 heterocycles. The highest BCUT2D eigenvalue weighted by Gasteiger charge is 2.20. The van der Waals surface area contributed by atoms with Gasteiger partial charge in [-0.15, -0.1) is 0 Å². The molecule has 22 heavy (non-hydrogen) atoms. The van der Waals surface area contributed by atoms with Gasteiger partial charge in [0.2, 0.25) is 0 Å². The van der Waals surface area contributed by atoms with Crippen LogP contribution in [0.1, 0.15) is 36.8 Å². The number of nitrogens with one attached hydrogen (secondary N) is 2. The van der Waals surface area contributed by atoms with Gasteiger partial charge in [0.15, 0.2) is 0 Å². The van der Waals surface area contributed by atoms with E-state index in [1.165, 1.54) is 39.4 Å². The van der Waals surface area contributed by atoms with E-state index in [0.717, 1.165) is 6.42 Å². The van der Waals surface area contributed by atoms with Crippen molar-refractivity contribution in [1.29, 1.82) is 0 Å². The zero-order chi connectivity index (χ0) is 14.9. The Bertz CT molecular complexity index is 839. The maximum Gasteiger partial charge on any atom is 0.0457 e. The van der Waals surface area contributed by atoms with Crippen LogP contribution in [-0.2, 0) is 0 Å². The largest absolute Gasteiger partial charge is 0.361 e. The highest BCUT2D eigenvalue weighted by Crippen LogP contribution is 2.37. The zero-order valence-electron chi connectivity index (χ0n) is 12.8. The Labute approximate surface area is 130 Å². The minimum atomic E-state index is 0.428. The zero-order valence-corrected chi connectivity index (χ0v) is 12.8. The molecule has 2 N–H and O–H groups in total. The Morgan fingerprint density at radius 1 is 0.773 bits per heavy atom. The van der Waals surface area contributed by atoms with Crippen molar-refractivity contribution in [3.63, 3.8) is 0 Å². The molecule has 2 nitrogen and oxygen atoms in total. The summed E-state index contributed by atoms with van der Waals surface area (Å²) in [5, 5.41) is 2.68. The van der Waals surface area contributed by atoms with Gasteiger partial charge in [-0.25, -0.2) is 0 Å². The Morgan fingerprint density at radius 2 is 1.27 bits per heavy atom. The van der Waals surface area contributed by atoms with Gasteiger partial charge in [-0.1, -0.05) is 49.7 Å². The minimum absolute atomic E-state index is 0.428. The van der Waals surface area contributed by atoms with Crippen molar-refractivity contribution >= 4 is 21.8 Å². The van der Waals surface area contributed by atoms with Crippen molar-refractivity contribution in [2.24, 2.45) is 0 Å². The number of fused-ring (bicyclic) bond motifs is 2. The van der Waals surface area contributed by atoms with Crippen LogP contribution in [0.4, 0.5) is 0 Å². The van der Waals surface area contributed by atoms with Gasteiger partial charge in [0.25, 0.3) is 0 Å². The average Bonchev–Trinajstić information content (AvgIpc) is 3.17. The number of rotatable bonds is 4. The van der Waals surface area contributed by atoms with Crippen molar-refractivity contribution in [3.8, 4) is 0 Å². The SMILES string of the molecule is CCCC(c1c[nH]c2ccccc12)c1c[nH]c2ccccc12. The summed E-state index contributed by atoms with van der Waals surface area (Å²) >= 11 is 0.